The van der Waals surface area contributed by atoms with E-state index in [1.165, 1.54) is 51.4 Å². The van der Waals surface area contributed by atoms with Gasteiger partial charge < -0.3 is 80.5 Å². The van der Waals surface area contributed by atoms with E-state index < -0.39 is 0 Å². The van der Waals surface area contributed by atoms with Crippen LogP contribution in [0.2, 0.25) is 0 Å². The van der Waals surface area contributed by atoms with Gasteiger partial charge in [0.15, 0.2) is 0 Å². The molecule has 111 heavy (non-hydrogen) atoms. The number of hydrogen-bond donors (Lipinski definition) is 0. The number of hydrogen-bond acceptors (Lipinski definition) is 17. The van der Waals surface area contributed by atoms with Crippen LogP contribution in [0.5, 0.6) is 0 Å². The molecule has 0 aromatic rings. The predicted octanol–water partition coefficient (Wildman–Crippen LogP) is 27.8. The van der Waals surface area contributed by atoms with Crippen LogP contribution in [0.3, 0.4) is 0 Å². The Bertz CT molecular complexity index is 1240. The zero-order valence-electron chi connectivity index (χ0n) is 86.1. The van der Waals surface area contributed by atoms with E-state index in [-0.39, 0.29) is 16.8 Å². The van der Waals surface area contributed by atoms with Crippen LogP contribution in [0.1, 0.15) is 408 Å². The molecule has 6 atom stereocenters. The Kier molecular flexibility index (Phi) is 193. The largest absolute Gasteiger partial charge is 0.385 e. The van der Waals surface area contributed by atoms with Gasteiger partial charge >= 0.3 is 0 Å². The van der Waals surface area contributed by atoms with Crippen LogP contribution in [-0.2, 0) is 80.5 Å². The lowest BCUT2D eigenvalue weighted by atomic mass is 10.2. The van der Waals surface area contributed by atoms with E-state index in [2.05, 4.69) is 178 Å². The standard InChI is InChI=1S/C8H18O.2C7H16O.6C6H14O.5C5H12O.2C4H10O.C3H8O/c1-4-6-8(3)9-7-5-2;1-4-6-7(3)8-5-2;1-4-6-8-7(3)5-2;2*1-5-7-6(2,3)4;1-4-5-6(2)7-3;1-4-5-7-6(2)3;1-4-6(3)7-5-2;1-3-5-6-7-4-2;1-5(2,3)6-4;1-4-5(2)6-3;2*1-4-6-5(2)3;1-3-5-6-4-2;1-4(2)5-3;1-3-5-4-2;1-3-4-2/h8H,4-7H2,1-3H3;2*7H,4-6H2,1-3H3;2*5H2,1-4H3;3*6H,4-5H2,1-3H3;3-6H2,1-2H3;1-4H3;3*5H,4H2,1-3H3;3-5H2,1-2H3;4H,1-3H3;3-4H2,1-2H3;3H2,1-2H3. The minimum atomic E-state index is 0.0417. The van der Waals surface area contributed by atoms with Crippen molar-refractivity contribution in [2.75, 3.05) is 141 Å². The van der Waals surface area contributed by atoms with Crippen LogP contribution in [0.15, 0.2) is 0 Å². The van der Waals surface area contributed by atoms with Gasteiger partial charge in [0.05, 0.1) is 77.8 Å². The van der Waals surface area contributed by atoms with Crippen molar-refractivity contribution in [2.24, 2.45) is 0 Å². The van der Waals surface area contributed by atoms with Crippen LogP contribution < -0.4 is 0 Å². The van der Waals surface area contributed by atoms with Crippen LogP contribution in [0.25, 0.3) is 0 Å². The minimum absolute atomic E-state index is 0.0417. The molecule has 0 bridgehead atoms. The molecule has 0 N–H and O–H groups in total. The van der Waals surface area contributed by atoms with E-state index in [0.717, 1.165) is 151 Å². The van der Waals surface area contributed by atoms with Gasteiger partial charge in [-0.25, -0.2) is 0 Å². The van der Waals surface area contributed by atoms with Gasteiger partial charge in [0.1, 0.15) is 0 Å². The fourth-order valence-corrected chi connectivity index (χ4v) is 5.88. The van der Waals surface area contributed by atoms with Crippen LogP contribution in [0, 0.1) is 0 Å². The minimum Gasteiger partial charge on any atom is -0.385 e. The summed E-state index contributed by atoms with van der Waals surface area (Å²) in [5.74, 6) is 0. The van der Waals surface area contributed by atoms with Gasteiger partial charge in [0, 0.05) is 141 Å². The fraction of sp³-hybridized carbons (Fsp3) is 1.00. The second-order valence-corrected chi connectivity index (χ2v) is 29.3. The molecule has 17 nitrogen and oxygen atoms in total. The summed E-state index contributed by atoms with van der Waals surface area (Å²) in [6, 6.07) is 0. The number of rotatable bonds is 41. The zero-order valence-corrected chi connectivity index (χ0v) is 86.1. The van der Waals surface area contributed by atoms with Gasteiger partial charge in [-0.05, 0) is 306 Å². The molecule has 0 rings (SSSR count). The summed E-state index contributed by atoms with van der Waals surface area (Å²) in [5, 5.41) is 0. The quantitative estimate of drug-likeness (QED) is 0.0532. The average molecular weight is 1620 g/mol. The molecule has 0 aromatic heterocycles. The van der Waals surface area contributed by atoms with Gasteiger partial charge in [-0.2, -0.15) is 0 Å². The highest BCUT2D eigenvalue weighted by Crippen LogP contribution is 2.07. The fourth-order valence-electron chi connectivity index (χ4n) is 5.88. The highest BCUT2D eigenvalue weighted by Gasteiger charge is 2.08. The third kappa shape index (κ3) is 295. The molecule has 0 heterocycles. The van der Waals surface area contributed by atoms with Crippen molar-refractivity contribution in [2.45, 2.75) is 486 Å². The lowest BCUT2D eigenvalue weighted by molar-refractivity contribution is 0.00490. The molecular weight excluding hydrogens is 1400 g/mol. The van der Waals surface area contributed by atoms with Crippen LogP contribution in [0.4, 0.5) is 0 Å². The third-order valence-corrected chi connectivity index (χ3v) is 12.7. The third-order valence-electron chi connectivity index (χ3n) is 12.7. The van der Waals surface area contributed by atoms with Gasteiger partial charge in [-0.3, -0.25) is 0 Å². The SMILES string of the molecule is CCC(C)OC.CCCC(C)OC.CCCC(C)OCC.CCCCOCC.CCCOC(C)C.CCCOC(C)CC.CCCOC(C)CCC.CCCOCC.CCOC.CCOC(C)(C)C.CCOC(C)(C)C.CCOC(C)C.CCOC(C)C.CCOC(C)CC.CCOCC.COC(C)(C)C.COC(C)C. The van der Waals surface area contributed by atoms with Crippen molar-refractivity contribution >= 4 is 0 Å². The number of ether oxygens (including phenoxy) is 17. The normalized spacial score (nSPS) is 11.7. The van der Waals surface area contributed by atoms with Crippen LogP contribution >= 0.6 is 0 Å². The molecule has 17 heteroatoms. The van der Waals surface area contributed by atoms with E-state index in [1.54, 1.807) is 35.5 Å². The van der Waals surface area contributed by atoms with Gasteiger partial charge in [-0.15, -0.1) is 0 Å². The first-order valence-electron chi connectivity index (χ1n) is 44.7. The summed E-state index contributed by atoms with van der Waals surface area (Å²) in [6.45, 7) is 107. The molecule has 0 saturated heterocycles. The zero-order chi connectivity index (χ0) is 91.2. The maximum absolute atomic E-state index is 5.43. The lowest BCUT2D eigenvalue weighted by Gasteiger charge is -2.17. The number of unbranched alkanes of at least 4 members (excludes halogenated alkanes) is 1. The lowest BCUT2D eigenvalue weighted by Crippen LogP contribution is -2.18. The molecule has 0 aliphatic rings. The van der Waals surface area contributed by atoms with Crippen molar-refractivity contribution in [3.8, 4) is 0 Å². The first kappa shape index (κ1) is 151. The summed E-state index contributed by atoms with van der Waals surface area (Å²) in [5.41, 5.74) is 0.142. The molecule has 700 valence electrons. The van der Waals surface area contributed by atoms with E-state index in [1.807, 2.05) is 138 Å². The van der Waals surface area contributed by atoms with Crippen molar-refractivity contribution < 1.29 is 80.5 Å². The smallest absolute Gasteiger partial charge is 0.0598 e. The highest BCUT2D eigenvalue weighted by atomic mass is 16.5. The molecule has 0 aliphatic carbocycles. The van der Waals surface area contributed by atoms with E-state index in [4.69, 9.17) is 75.8 Å². The second-order valence-electron chi connectivity index (χ2n) is 29.3. The van der Waals surface area contributed by atoms with Crippen molar-refractivity contribution in [3.63, 3.8) is 0 Å². The van der Waals surface area contributed by atoms with Gasteiger partial charge in [0.2, 0.25) is 0 Å². The Morgan fingerprint density at radius 3 is 0.613 bits per heavy atom. The molecule has 6 unspecified atom stereocenters. The van der Waals surface area contributed by atoms with Crippen LogP contribution in [-0.4, -0.2) is 219 Å². The molecule has 0 saturated carbocycles. The Hall–Kier alpha value is -0.680. The topological polar surface area (TPSA) is 157 Å². The maximum atomic E-state index is 5.43. The monoisotopic (exact) mass is 1620 g/mol. The molecule has 0 aliphatic heterocycles. The first-order valence-corrected chi connectivity index (χ1v) is 44.7. The summed E-state index contributed by atoms with van der Waals surface area (Å²) in [7, 11) is 8.57. The van der Waals surface area contributed by atoms with Gasteiger partial charge in [-0.1, -0.05) is 102 Å². The van der Waals surface area contributed by atoms with E-state index in [0.29, 0.717) is 61.0 Å². The molecular formula is C94H222O17. The predicted molar refractivity (Wildman–Crippen MR) is 497 cm³/mol. The molecule has 0 spiro atoms. The summed E-state index contributed by atoms with van der Waals surface area (Å²) in [6.07, 6.45) is 21.8. The Labute approximate surface area is 704 Å². The number of methoxy groups -OCH3 is 5. The van der Waals surface area contributed by atoms with E-state index in [9.17, 15) is 0 Å². The molecule has 0 fully saturated rings. The Morgan fingerprint density at radius 1 is 0.216 bits per heavy atom. The Morgan fingerprint density at radius 2 is 0.477 bits per heavy atom. The van der Waals surface area contributed by atoms with E-state index >= 15 is 0 Å². The molecule has 0 aromatic carbocycles. The highest BCUT2D eigenvalue weighted by molar-refractivity contribution is 4.58. The summed E-state index contributed by atoms with van der Waals surface area (Å²) in [4.78, 5) is 0. The van der Waals surface area contributed by atoms with Crippen molar-refractivity contribution in [3.05, 3.63) is 0 Å². The second kappa shape index (κ2) is 141. The Balaban J connectivity index is -0.0000000565. The summed E-state index contributed by atoms with van der Waals surface area (Å²) >= 11 is 0. The average Bonchev–Trinajstić information content (AvgIpc) is 1.02. The molecule has 0 amide bonds. The van der Waals surface area contributed by atoms with Gasteiger partial charge in [0.25, 0.3) is 0 Å². The van der Waals surface area contributed by atoms with Crippen molar-refractivity contribution in [1.29, 1.82) is 0 Å². The summed E-state index contributed by atoms with van der Waals surface area (Å²) < 4.78 is 86.0. The first-order chi connectivity index (χ1) is 51.8. The maximum Gasteiger partial charge on any atom is 0.0598 e. The van der Waals surface area contributed by atoms with Crippen molar-refractivity contribution in [1.82, 2.24) is 0 Å². The molecule has 0 radical (unpaired) electrons.